The van der Waals surface area contributed by atoms with Gasteiger partial charge in [0.05, 0.1) is 40.3 Å². The highest BCUT2D eigenvalue weighted by Crippen LogP contribution is 2.65. The van der Waals surface area contributed by atoms with E-state index in [9.17, 15) is 4.79 Å². The first-order valence-electron chi connectivity index (χ1n) is 11.0. The molecule has 0 saturated heterocycles. The first-order valence-corrected chi connectivity index (χ1v) is 11.0. The van der Waals surface area contributed by atoms with Gasteiger partial charge in [0.2, 0.25) is 0 Å². The Kier molecular flexibility index (Phi) is 5.44. The lowest BCUT2D eigenvalue weighted by Crippen LogP contribution is -2.39. The predicted molar refractivity (Wildman–Crippen MR) is 127 cm³/mol. The van der Waals surface area contributed by atoms with Crippen molar-refractivity contribution < 1.29 is 28.5 Å². The Hall–Kier alpha value is -3.93. The Morgan fingerprint density at radius 3 is 2.18 bits per heavy atom. The molecule has 3 aromatic rings. The molecular formula is C28H26O6. The van der Waals surface area contributed by atoms with E-state index in [0.29, 0.717) is 22.8 Å². The van der Waals surface area contributed by atoms with Crippen molar-refractivity contribution >= 4 is 5.97 Å². The molecule has 34 heavy (non-hydrogen) atoms. The first kappa shape index (κ1) is 21.9. The highest BCUT2D eigenvalue weighted by Gasteiger charge is 2.61. The Morgan fingerprint density at radius 2 is 1.56 bits per heavy atom. The summed E-state index contributed by atoms with van der Waals surface area (Å²) in [7, 11) is 6.27. The van der Waals surface area contributed by atoms with Crippen LogP contribution in [0, 0.1) is 0 Å². The zero-order chi connectivity index (χ0) is 23.9. The lowest BCUT2D eigenvalue weighted by Gasteiger charge is -2.37. The van der Waals surface area contributed by atoms with Crippen molar-refractivity contribution in [2.24, 2.45) is 0 Å². The number of carbonyl (C=O) groups is 1. The van der Waals surface area contributed by atoms with Crippen molar-refractivity contribution in [1.82, 2.24) is 0 Å². The number of methoxy groups -OCH3 is 4. The van der Waals surface area contributed by atoms with E-state index >= 15 is 0 Å². The van der Waals surface area contributed by atoms with Crippen LogP contribution >= 0.6 is 0 Å². The molecule has 6 nitrogen and oxygen atoms in total. The molecule has 6 heteroatoms. The molecule has 174 valence electrons. The molecule has 0 N–H and O–H groups in total. The third-order valence-electron chi connectivity index (χ3n) is 6.77. The summed E-state index contributed by atoms with van der Waals surface area (Å²) in [5.41, 5.74) is 2.37. The molecule has 3 atom stereocenters. The van der Waals surface area contributed by atoms with Crippen LogP contribution in [0.5, 0.6) is 23.0 Å². The summed E-state index contributed by atoms with van der Waals surface area (Å²) in [6, 6.07) is 21.4. The maximum atomic E-state index is 13.1. The van der Waals surface area contributed by atoms with E-state index < -0.39 is 11.5 Å². The van der Waals surface area contributed by atoms with E-state index in [1.165, 1.54) is 7.11 Å². The number of benzene rings is 3. The topological polar surface area (TPSA) is 63.2 Å². The van der Waals surface area contributed by atoms with Gasteiger partial charge in [0.25, 0.3) is 0 Å². The second-order valence-corrected chi connectivity index (χ2v) is 8.30. The van der Waals surface area contributed by atoms with Gasteiger partial charge < -0.3 is 23.7 Å². The molecule has 3 aromatic carbocycles. The van der Waals surface area contributed by atoms with Gasteiger partial charge in [-0.05, 0) is 23.3 Å². The van der Waals surface area contributed by atoms with Gasteiger partial charge in [0, 0.05) is 23.3 Å². The van der Waals surface area contributed by atoms with Crippen LogP contribution in [-0.4, -0.2) is 34.4 Å². The van der Waals surface area contributed by atoms with Gasteiger partial charge in [0.15, 0.2) is 5.60 Å². The highest BCUT2D eigenvalue weighted by molar-refractivity contribution is 5.92. The third-order valence-corrected chi connectivity index (χ3v) is 6.77. The lowest BCUT2D eigenvalue weighted by atomic mass is 9.72. The summed E-state index contributed by atoms with van der Waals surface area (Å²) in [4.78, 5) is 13.1. The number of esters is 1. The monoisotopic (exact) mass is 458 g/mol. The summed E-state index contributed by atoms with van der Waals surface area (Å²) in [5, 5.41) is 0. The molecule has 0 bridgehead atoms. The minimum Gasteiger partial charge on any atom is -0.497 e. The van der Waals surface area contributed by atoms with Crippen molar-refractivity contribution in [2.45, 2.75) is 17.4 Å². The van der Waals surface area contributed by atoms with Crippen LogP contribution in [0.3, 0.4) is 0 Å². The fourth-order valence-corrected chi connectivity index (χ4v) is 5.30. The Labute approximate surface area is 198 Å². The third kappa shape index (κ3) is 3.13. The van der Waals surface area contributed by atoms with Gasteiger partial charge >= 0.3 is 5.97 Å². The van der Waals surface area contributed by atoms with Crippen LogP contribution in [0.4, 0.5) is 0 Å². The fourth-order valence-electron chi connectivity index (χ4n) is 5.30. The molecule has 2 aliphatic rings. The maximum absolute atomic E-state index is 13.1. The standard InChI is InChI=1S/C28H26O6/c1-30-19-12-10-18(11-13-19)28-22(25-23(32-3)14-20(31-2)15-24(25)34-28)16-21(27(29)33-4)26(28)17-8-6-5-7-9-17/h5-16,22,26H,1-4H3/t22-,26+,28+/m0/s1. The van der Waals surface area contributed by atoms with Gasteiger partial charge in [-0.2, -0.15) is 0 Å². The predicted octanol–water partition coefficient (Wildman–Crippen LogP) is 4.98. The van der Waals surface area contributed by atoms with Crippen LogP contribution in [0.1, 0.15) is 28.5 Å². The quantitative estimate of drug-likeness (QED) is 0.486. The molecule has 0 fully saturated rings. The molecule has 1 aliphatic carbocycles. The highest BCUT2D eigenvalue weighted by atomic mass is 16.5. The average Bonchev–Trinajstić information content (AvgIpc) is 3.39. The van der Waals surface area contributed by atoms with Gasteiger partial charge in [-0.1, -0.05) is 48.5 Å². The minimum absolute atomic E-state index is 0.295. The lowest BCUT2D eigenvalue weighted by molar-refractivity contribution is -0.136. The summed E-state index contributed by atoms with van der Waals surface area (Å²) < 4.78 is 28.8. The molecule has 0 saturated carbocycles. The van der Waals surface area contributed by atoms with Crippen LogP contribution in [0.15, 0.2) is 78.4 Å². The van der Waals surface area contributed by atoms with Crippen molar-refractivity contribution in [3.05, 3.63) is 95.1 Å². The molecular weight excluding hydrogens is 432 g/mol. The number of hydrogen-bond acceptors (Lipinski definition) is 6. The van der Waals surface area contributed by atoms with Gasteiger partial charge in [-0.15, -0.1) is 0 Å². The largest absolute Gasteiger partial charge is 0.497 e. The van der Waals surface area contributed by atoms with Gasteiger partial charge in [0.1, 0.15) is 23.0 Å². The molecule has 1 aliphatic heterocycles. The smallest absolute Gasteiger partial charge is 0.334 e. The van der Waals surface area contributed by atoms with E-state index in [0.717, 1.165) is 22.4 Å². The summed E-state index contributed by atoms with van der Waals surface area (Å²) >= 11 is 0. The van der Waals surface area contributed by atoms with Gasteiger partial charge in [-0.25, -0.2) is 4.79 Å². The fraction of sp³-hybridized carbons (Fsp3) is 0.250. The van der Waals surface area contributed by atoms with E-state index in [4.69, 9.17) is 23.7 Å². The zero-order valence-corrected chi connectivity index (χ0v) is 19.5. The Balaban J connectivity index is 1.81. The van der Waals surface area contributed by atoms with Gasteiger partial charge in [-0.3, -0.25) is 0 Å². The number of fused-ring (bicyclic) bond motifs is 3. The minimum atomic E-state index is -0.931. The number of ether oxygens (including phenoxy) is 5. The molecule has 0 aromatic heterocycles. The Bertz CT molecular complexity index is 1250. The normalized spacial score (nSPS) is 22.2. The molecule has 0 radical (unpaired) electrons. The maximum Gasteiger partial charge on any atom is 0.334 e. The first-order chi connectivity index (χ1) is 16.6. The number of carbonyl (C=O) groups excluding carboxylic acids is 1. The second kappa shape index (κ2) is 8.45. The van der Waals surface area contributed by atoms with Crippen molar-refractivity contribution in [2.75, 3.05) is 28.4 Å². The molecule has 0 amide bonds. The Morgan fingerprint density at radius 1 is 0.853 bits per heavy atom. The van der Waals surface area contributed by atoms with E-state index in [-0.39, 0.29) is 11.9 Å². The van der Waals surface area contributed by atoms with E-state index in [1.807, 2.05) is 72.8 Å². The summed E-state index contributed by atoms with van der Waals surface area (Å²) in [6.07, 6.45) is 1.97. The number of hydrogen-bond donors (Lipinski definition) is 0. The van der Waals surface area contributed by atoms with Crippen LogP contribution < -0.4 is 18.9 Å². The molecule has 0 unspecified atom stereocenters. The van der Waals surface area contributed by atoms with Crippen LogP contribution in [0.2, 0.25) is 0 Å². The molecule has 0 spiro atoms. The van der Waals surface area contributed by atoms with Crippen molar-refractivity contribution in [1.29, 1.82) is 0 Å². The summed E-state index contributed by atoms with van der Waals surface area (Å²) in [5.74, 6) is 1.59. The SMILES string of the molecule is COC(=O)C1=C[C@H]2c3c(OC)cc(OC)cc3O[C@@]2(c2ccc(OC)cc2)[C@@H]1c1ccccc1. The van der Waals surface area contributed by atoms with Crippen molar-refractivity contribution in [3.63, 3.8) is 0 Å². The van der Waals surface area contributed by atoms with Crippen LogP contribution in [-0.2, 0) is 15.1 Å². The zero-order valence-electron chi connectivity index (χ0n) is 19.5. The van der Waals surface area contributed by atoms with E-state index in [1.54, 1.807) is 21.3 Å². The molecule has 5 rings (SSSR count). The molecule has 1 heterocycles. The van der Waals surface area contributed by atoms with Crippen LogP contribution in [0.25, 0.3) is 0 Å². The second-order valence-electron chi connectivity index (χ2n) is 8.30. The van der Waals surface area contributed by atoms with Crippen molar-refractivity contribution in [3.8, 4) is 23.0 Å². The summed E-state index contributed by atoms with van der Waals surface area (Å²) in [6.45, 7) is 0. The van der Waals surface area contributed by atoms with E-state index in [2.05, 4.69) is 0 Å². The number of rotatable bonds is 6. The average molecular weight is 459 g/mol.